The molecule has 0 N–H and O–H groups in total. The van der Waals surface area contributed by atoms with Crippen LogP contribution in [0.1, 0.15) is 33.5 Å². The Hall–Kier alpha value is -1.42. The van der Waals surface area contributed by atoms with Crippen molar-refractivity contribution in [2.75, 3.05) is 11.5 Å². The van der Waals surface area contributed by atoms with Crippen LogP contribution in [0.5, 0.6) is 0 Å². The minimum absolute atomic E-state index is 0.0277. The molecule has 0 spiro atoms. The minimum Gasteiger partial charge on any atom is -0.373 e. The van der Waals surface area contributed by atoms with E-state index < -0.39 is 27.4 Å². The molecule has 0 saturated carbocycles. The topological polar surface area (TPSA) is 55.7 Å². The number of benzene rings is 2. The van der Waals surface area contributed by atoms with Gasteiger partial charge in [0.1, 0.15) is 10.5 Å². The normalized spacial score (nSPS) is 27.0. The molecule has 2 aromatic carbocycles. The van der Waals surface area contributed by atoms with Gasteiger partial charge in [-0.25, -0.2) is 0 Å². The van der Waals surface area contributed by atoms with Crippen molar-refractivity contribution in [3.8, 4) is 0 Å². The van der Waals surface area contributed by atoms with E-state index in [1.165, 1.54) is 6.07 Å². The largest absolute Gasteiger partial charge is 0.436 e. The van der Waals surface area contributed by atoms with Crippen LogP contribution < -0.4 is 0 Å². The second-order valence-corrected chi connectivity index (χ2v) is 11.5. The lowest BCUT2D eigenvalue weighted by Crippen LogP contribution is -2.50. The molecule has 0 amide bonds. The zero-order chi connectivity index (χ0) is 24.1. The summed E-state index contributed by atoms with van der Waals surface area (Å²) in [7, 11) is -0.839. The standard InChI is InChI=1S/C22H17BrCl2F3NO3S/c1-11-4-13(2-3-17(11)18(30)5-12-9-33(31)10-12)19-20(23)21(32-29-19,22(26,27)28)14-6-15(24)8-16(25)7-14/h2-4,6-8,12,20H,5,9-10H2,1H3. The number of aryl methyl sites for hydroxylation is 1. The molecule has 1 saturated heterocycles. The average molecular weight is 583 g/mol. The van der Waals surface area contributed by atoms with Crippen molar-refractivity contribution in [2.45, 2.75) is 29.9 Å². The summed E-state index contributed by atoms with van der Waals surface area (Å²) in [5, 5.41) is 3.85. The molecular formula is C22H17BrCl2F3NO3S. The highest BCUT2D eigenvalue weighted by Crippen LogP contribution is 2.52. The Morgan fingerprint density at radius 2 is 1.85 bits per heavy atom. The molecule has 2 heterocycles. The molecule has 11 heteroatoms. The molecule has 176 valence electrons. The van der Waals surface area contributed by atoms with Gasteiger partial charge in [0, 0.05) is 55.5 Å². The SMILES string of the molecule is Cc1cc(C2=NOC(c3cc(Cl)cc(Cl)c3)(C(F)(F)F)C2Br)ccc1C(=O)CC1CS(=O)C1. The van der Waals surface area contributed by atoms with E-state index in [0.717, 1.165) is 12.1 Å². The lowest BCUT2D eigenvalue weighted by Gasteiger charge is -2.33. The van der Waals surface area contributed by atoms with Gasteiger partial charge in [-0.2, -0.15) is 13.2 Å². The summed E-state index contributed by atoms with van der Waals surface area (Å²) in [5.41, 5.74) is -1.62. The molecule has 2 atom stereocenters. The number of carbonyl (C=O) groups is 1. The van der Waals surface area contributed by atoms with E-state index in [0.29, 0.717) is 34.6 Å². The van der Waals surface area contributed by atoms with Gasteiger partial charge in [-0.1, -0.05) is 56.4 Å². The highest BCUT2D eigenvalue weighted by atomic mass is 79.9. The summed E-state index contributed by atoms with van der Waals surface area (Å²) >= 11 is 15.1. The lowest BCUT2D eigenvalue weighted by atomic mass is 9.85. The summed E-state index contributed by atoms with van der Waals surface area (Å²) in [5.74, 6) is 1.07. The number of halogens is 6. The maximum Gasteiger partial charge on any atom is 0.436 e. The molecule has 2 unspecified atom stereocenters. The Morgan fingerprint density at radius 1 is 1.21 bits per heavy atom. The fraction of sp³-hybridized carbons (Fsp3) is 0.364. The molecule has 2 aliphatic rings. The molecule has 0 radical (unpaired) electrons. The zero-order valence-corrected chi connectivity index (χ0v) is 21.0. The Balaban J connectivity index is 1.64. The molecular weight excluding hydrogens is 566 g/mol. The number of carbonyl (C=O) groups excluding carboxylic acids is 1. The quantitative estimate of drug-likeness (QED) is 0.311. The van der Waals surface area contributed by atoms with Gasteiger partial charge >= 0.3 is 6.18 Å². The third-order valence-corrected chi connectivity index (χ3v) is 8.94. The van der Waals surface area contributed by atoms with Gasteiger partial charge in [-0.3, -0.25) is 9.00 Å². The van der Waals surface area contributed by atoms with E-state index in [1.54, 1.807) is 25.1 Å². The van der Waals surface area contributed by atoms with Gasteiger partial charge in [0.15, 0.2) is 5.78 Å². The fourth-order valence-corrected chi connectivity index (χ4v) is 6.71. The summed E-state index contributed by atoms with van der Waals surface area (Å²) in [6.45, 7) is 1.71. The zero-order valence-electron chi connectivity index (χ0n) is 17.1. The van der Waals surface area contributed by atoms with Gasteiger partial charge < -0.3 is 4.84 Å². The van der Waals surface area contributed by atoms with Crippen molar-refractivity contribution >= 4 is 61.4 Å². The van der Waals surface area contributed by atoms with Crippen LogP contribution in [0.15, 0.2) is 41.6 Å². The first-order chi connectivity index (χ1) is 15.4. The Bertz CT molecular complexity index is 1160. The number of rotatable bonds is 5. The van der Waals surface area contributed by atoms with E-state index in [2.05, 4.69) is 21.1 Å². The van der Waals surface area contributed by atoms with Gasteiger partial charge in [-0.15, -0.1) is 0 Å². The van der Waals surface area contributed by atoms with Gasteiger partial charge in [-0.05, 0) is 42.7 Å². The molecule has 4 nitrogen and oxygen atoms in total. The summed E-state index contributed by atoms with van der Waals surface area (Å²) in [6, 6.07) is 8.36. The maximum absolute atomic E-state index is 14.4. The summed E-state index contributed by atoms with van der Waals surface area (Å²) in [6.07, 6.45) is -4.56. The summed E-state index contributed by atoms with van der Waals surface area (Å²) < 4.78 is 54.3. The van der Waals surface area contributed by atoms with Crippen LogP contribution in [-0.4, -0.2) is 38.2 Å². The van der Waals surface area contributed by atoms with Crippen molar-refractivity contribution in [2.24, 2.45) is 11.1 Å². The Morgan fingerprint density at radius 3 is 2.39 bits per heavy atom. The molecule has 33 heavy (non-hydrogen) atoms. The monoisotopic (exact) mass is 581 g/mol. The lowest BCUT2D eigenvalue weighted by molar-refractivity contribution is -0.273. The number of alkyl halides is 4. The van der Waals surface area contributed by atoms with Crippen LogP contribution in [0, 0.1) is 12.8 Å². The van der Waals surface area contributed by atoms with E-state index in [-0.39, 0.29) is 33.0 Å². The average Bonchev–Trinajstić information content (AvgIpc) is 3.04. The van der Waals surface area contributed by atoms with Crippen molar-refractivity contribution in [1.82, 2.24) is 0 Å². The van der Waals surface area contributed by atoms with Gasteiger partial charge in [0.25, 0.3) is 5.60 Å². The van der Waals surface area contributed by atoms with Crippen LogP contribution in [0.2, 0.25) is 10.0 Å². The van der Waals surface area contributed by atoms with Crippen LogP contribution >= 0.6 is 39.1 Å². The fourth-order valence-electron chi connectivity index (χ4n) is 4.03. The summed E-state index contributed by atoms with van der Waals surface area (Å²) in [4.78, 5) is 16.3. The predicted molar refractivity (Wildman–Crippen MR) is 126 cm³/mol. The van der Waals surface area contributed by atoms with Crippen LogP contribution in [0.3, 0.4) is 0 Å². The minimum atomic E-state index is -4.85. The van der Waals surface area contributed by atoms with E-state index in [9.17, 15) is 22.2 Å². The number of nitrogens with zero attached hydrogens (tertiary/aromatic N) is 1. The molecule has 0 bridgehead atoms. The predicted octanol–water partition coefficient (Wildman–Crippen LogP) is 6.21. The smallest absolute Gasteiger partial charge is 0.373 e. The highest BCUT2D eigenvalue weighted by Gasteiger charge is 2.67. The first-order valence-corrected chi connectivity index (χ1v) is 13.0. The molecule has 0 aromatic heterocycles. The number of oxime groups is 1. The molecule has 1 fully saturated rings. The van der Waals surface area contributed by atoms with Crippen LogP contribution in [0.4, 0.5) is 13.2 Å². The number of hydrogen-bond acceptors (Lipinski definition) is 4. The molecule has 2 aliphatic heterocycles. The van der Waals surface area contributed by atoms with Crippen molar-refractivity contribution in [3.63, 3.8) is 0 Å². The Labute approximate surface area is 209 Å². The maximum atomic E-state index is 14.4. The second-order valence-electron chi connectivity index (χ2n) is 8.12. The number of hydrogen-bond donors (Lipinski definition) is 0. The molecule has 2 aromatic rings. The third-order valence-electron chi connectivity index (χ3n) is 5.74. The number of ketones is 1. The first-order valence-electron chi connectivity index (χ1n) is 9.85. The van der Waals surface area contributed by atoms with E-state index >= 15 is 0 Å². The van der Waals surface area contributed by atoms with Gasteiger partial charge in [0.2, 0.25) is 0 Å². The van der Waals surface area contributed by atoms with Gasteiger partial charge in [0.05, 0.1) is 0 Å². The highest BCUT2D eigenvalue weighted by molar-refractivity contribution is 9.10. The third kappa shape index (κ3) is 4.49. The second kappa shape index (κ2) is 8.98. The molecule has 0 aliphatic carbocycles. The first kappa shape index (κ1) is 24.7. The van der Waals surface area contributed by atoms with Crippen LogP contribution in [0.25, 0.3) is 0 Å². The molecule has 4 rings (SSSR count). The van der Waals surface area contributed by atoms with Crippen molar-refractivity contribution < 1.29 is 27.0 Å². The van der Waals surface area contributed by atoms with Crippen molar-refractivity contribution in [1.29, 1.82) is 0 Å². The van der Waals surface area contributed by atoms with E-state index in [1.807, 2.05) is 0 Å². The van der Waals surface area contributed by atoms with Crippen LogP contribution in [-0.2, 0) is 21.2 Å². The number of Topliss-reactive ketones (excluding diaryl/α,β-unsaturated/α-hetero) is 1. The van der Waals surface area contributed by atoms with Crippen molar-refractivity contribution in [3.05, 3.63) is 68.7 Å². The Kier molecular flexibility index (Phi) is 6.72. The van der Waals surface area contributed by atoms with E-state index in [4.69, 9.17) is 28.0 Å².